The smallest absolute Gasteiger partial charge is 0.326 e. The molecule has 0 aromatic heterocycles. The van der Waals surface area contributed by atoms with Crippen LogP contribution in [-0.4, -0.2) is 46.8 Å². The molecule has 3 aliphatic rings. The van der Waals surface area contributed by atoms with Gasteiger partial charge >= 0.3 is 12.0 Å². The van der Waals surface area contributed by atoms with E-state index in [1.54, 1.807) is 6.07 Å². The second-order valence-corrected chi connectivity index (χ2v) is 8.77. The zero-order chi connectivity index (χ0) is 21.5. The van der Waals surface area contributed by atoms with Gasteiger partial charge in [-0.1, -0.05) is 31.9 Å². The number of aryl methyl sites for hydroxylation is 2. The van der Waals surface area contributed by atoms with Crippen LogP contribution in [-0.2, 0) is 27.2 Å². The zero-order valence-electron chi connectivity index (χ0n) is 17.5. The minimum absolute atomic E-state index is 0.0176. The van der Waals surface area contributed by atoms with Crippen LogP contribution in [0.5, 0.6) is 0 Å². The van der Waals surface area contributed by atoms with Crippen molar-refractivity contribution >= 4 is 23.7 Å². The van der Waals surface area contributed by atoms with Crippen LogP contribution in [0.25, 0.3) is 0 Å². The molecule has 1 N–H and O–H groups in total. The normalized spacial score (nSPS) is 26.5. The van der Waals surface area contributed by atoms with Crippen LogP contribution in [0, 0.1) is 5.92 Å². The molecule has 0 bridgehead atoms. The molecule has 3 atom stereocenters. The summed E-state index contributed by atoms with van der Waals surface area (Å²) in [6.45, 7) is 2.99. The van der Waals surface area contributed by atoms with Gasteiger partial charge in [-0.3, -0.25) is 19.3 Å². The molecular formula is C23H28N2O5. The van der Waals surface area contributed by atoms with E-state index in [2.05, 4.69) is 5.32 Å². The second kappa shape index (κ2) is 7.85. The maximum Gasteiger partial charge on any atom is 0.326 e. The highest BCUT2D eigenvalue weighted by atomic mass is 16.5. The minimum Gasteiger partial charge on any atom is -0.453 e. The third kappa shape index (κ3) is 3.50. The SMILES string of the molecule is C[C@H](OC(=O)CN1C(=O)N[C@]2(CCCC[C@H]2C)C1=O)C(=O)c1ccc2c(c1)CCC2. The first-order chi connectivity index (χ1) is 14.3. The minimum atomic E-state index is -0.986. The number of fused-ring (bicyclic) bond motifs is 1. The number of nitrogens with one attached hydrogen (secondary N) is 1. The Hall–Kier alpha value is -2.70. The number of hydrogen-bond acceptors (Lipinski definition) is 5. The van der Waals surface area contributed by atoms with E-state index in [1.807, 2.05) is 19.1 Å². The summed E-state index contributed by atoms with van der Waals surface area (Å²) >= 11 is 0. The molecular weight excluding hydrogens is 384 g/mol. The quantitative estimate of drug-likeness (QED) is 0.456. The van der Waals surface area contributed by atoms with Crippen LogP contribution >= 0.6 is 0 Å². The first-order valence-corrected chi connectivity index (χ1v) is 10.8. The van der Waals surface area contributed by atoms with Gasteiger partial charge in [0.1, 0.15) is 12.1 Å². The Kier molecular flexibility index (Phi) is 5.38. The summed E-state index contributed by atoms with van der Waals surface area (Å²) in [5.74, 6) is -1.40. The summed E-state index contributed by atoms with van der Waals surface area (Å²) in [5.41, 5.74) is 2.04. The Morgan fingerprint density at radius 3 is 2.73 bits per heavy atom. The largest absolute Gasteiger partial charge is 0.453 e. The van der Waals surface area contributed by atoms with Crippen molar-refractivity contribution in [2.75, 3.05) is 6.54 Å². The number of ether oxygens (including phenoxy) is 1. The predicted molar refractivity (Wildman–Crippen MR) is 109 cm³/mol. The number of urea groups is 1. The summed E-state index contributed by atoms with van der Waals surface area (Å²) in [6, 6.07) is 5.04. The average molecular weight is 412 g/mol. The van der Waals surface area contributed by atoms with Crippen molar-refractivity contribution in [3.63, 3.8) is 0 Å². The Morgan fingerprint density at radius 2 is 1.97 bits per heavy atom. The molecule has 160 valence electrons. The monoisotopic (exact) mass is 412 g/mol. The molecule has 1 spiro atoms. The molecule has 1 aromatic rings. The number of benzene rings is 1. The first-order valence-electron chi connectivity index (χ1n) is 10.8. The lowest BCUT2D eigenvalue weighted by atomic mass is 9.73. The molecule has 1 aromatic carbocycles. The van der Waals surface area contributed by atoms with Crippen LogP contribution in [0.4, 0.5) is 4.79 Å². The van der Waals surface area contributed by atoms with Crippen molar-refractivity contribution in [1.29, 1.82) is 0 Å². The molecule has 1 heterocycles. The predicted octanol–water partition coefficient (Wildman–Crippen LogP) is 2.79. The third-order valence-electron chi connectivity index (χ3n) is 6.85. The fraction of sp³-hybridized carbons (Fsp3) is 0.565. The van der Waals surface area contributed by atoms with E-state index in [9.17, 15) is 19.2 Å². The topological polar surface area (TPSA) is 92.8 Å². The molecule has 30 heavy (non-hydrogen) atoms. The lowest BCUT2D eigenvalue weighted by molar-refractivity contribution is -0.150. The Bertz CT molecular complexity index is 911. The number of carbonyl (C=O) groups is 4. The Labute approximate surface area is 176 Å². The van der Waals surface area contributed by atoms with Gasteiger partial charge in [0.25, 0.3) is 5.91 Å². The zero-order valence-corrected chi connectivity index (χ0v) is 17.5. The maximum absolute atomic E-state index is 13.0. The van der Waals surface area contributed by atoms with E-state index >= 15 is 0 Å². The van der Waals surface area contributed by atoms with Gasteiger partial charge in [0.05, 0.1) is 0 Å². The van der Waals surface area contributed by atoms with E-state index in [1.165, 1.54) is 18.1 Å². The van der Waals surface area contributed by atoms with Crippen molar-refractivity contribution in [3.8, 4) is 0 Å². The number of hydrogen-bond donors (Lipinski definition) is 1. The lowest BCUT2D eigenvalue weighted by Crippen LogP contribution is -2.54. The third-order valence-corrected chi connectivity index (χ3v) is 6.85. The van der Waals surface area contributed by atoms with Gasteiger partial charge in [-0.2, -0.15) is 0 Å². The van der Waals surface area contributed by atoms with Crippen molar-refractivity contribution in [1.82, 2.24) is 10.2 Å². The Morgan fingerprint density at radius 1 is 1.20 bits per heavy atom. The summed E-state index contributed by atoms with van der Waals surface area (Å²) < 4.78 is 5.28. The van der Waals surface area contributed by atoms with Crippen LogP contribution in [0.1, 0.15) is 67.4 Å². The maximum atomic E-state index is 13.0. The molecule has 0 radical (unpaired) electrons. The van der Waals surface area contributed by atoms with Gasteiger partial charge in [-0.15, -0.1) is 0 Å². The highest BCUT2D eigenvalue weighted by Gasteiger charge is 2.55. The van der Waals surface area contributed by atoms with Crippen molar-refractivity contribution in [2.24, 2.45) is 5.92 Å². The molecule has 2 aliphatic carbocycles. The second-order valence-electron chi connectivity index (χ2n) is 8.77. The summed E-state index contributed by atoms with van der Waals surface area (Å²) in [5, 5.41) is 2.81. The van der Waals surface area contributed by atoms with Gasteiger partial charge in [0, 0.05) is 5.56 Å². The van der Waals surface area contributed by atoms with Crippen molar-refractivity contribution in [2.45, 2.75) is 70.4 Å². The number of carbonyl (C=O) groups excluding carboxylic acids is 4. The molecule has 0 unspecified atom stereocenters. The standard InChI is InChI=1S/C23H28N2O5/c1-14-6-3-4-11-23(14)21(28)25(22(29)24-23)13-19(26)30-15(2)20(27)18-10-9-16-7-5-8-17(16)12-18/h9-10,12,14-15H,3-8,11,13H2,1-2H3,(H,24,29)/t14-,15+,23+/m1/s1. The fourth-order valence-electron chi connectivity index (χ4n) is 5.02. The van der Waals surface area contributed by atoms with Gasteiger partial charge < -0.3 is 10.1 Å². The first kappa shape index (κ1) is 20.6. The molecule has 2 fully saturated rings. The lowest BCUT2D eigenvalue weighted by Gasteiger charge is -2.36. The molecule has 7 heteroatoms. The number of amides is 3. The average Bonchev–Trinajstić information content (AvgIpc) is 3.28. The summed E-state index contributed by atoms with van der Waals surface area (Å²) in [4.78, 5) is 51.4. The number of Topliss-reactive ketones (excluding diaryl/α,β-unsaturated/α-hetero) is 1. The molecule has 1 aliphatic heterocycles. The van der Waals surface area contributed by atoms with E-state index in [0.717, 1.165) is 43.4 Å². The van der Waals surface area contributed by atoms with E-state index < -0.39 is 30.2 Å². The summed E-state index contributed by atoms with van der Waals surface area (Å²) in [6.07, 6.45) is 5.41. The van der Waals surface area contributed by atoms with Gasteiger partial charge in [0.2, 0.25) is 5.78 Å². The molecule has 1 saturated carbocycles. The molecule has 4 rings (SSSR count). The molecule has 7 nitrogen and oxygen atoms in total. The van der Waals surface area contributed by atoms with Crippen LogP contribution < -0.4 is 5.32 Å². The number of esters is 1. The highest BCUT2D eigenvalue weighted by Crippen LogP contribution is 2.38. The van der Waals surface area contributed by atoms with Crippen LogP contribution in [0.15, 0.2) is 18.2 Å². The number of rotatable bonds is 5. The van der Waals surface area contributed by atoms with Crippen molar-refractivity contribution in [3.05, 3.63) is 34.9 Å². The van der Waals surface area contributed by atoms with E-state index in [-0.39, 0.29) is 17.6 Å². The van der Waals surface area contributed by atoms with Gasteiger partial charge in [0.15, 0.2) is 6.10 Å². The van der Waals surface area contributed by atoms with Crippen LogP contribution in [0.2, 0.25) is 0 Å². The molecule has 3 amide bonds. The van der Waals surface area contributed by atoms with E-state index in [4.69, 9.17) is 4.74 Å². The highest BCUT2D eigenvalue weighted by molar-refractivity contribution is 6.09. The fourth-order valence-corrected chi connectivity index (χ4v) is 5.02. The van der Waals surface area contributed by atoms with Gasteiger partial charge in [-0.05, 0) is 62.1 Å². The van der Waals surface area contributed by atoms with Crippen molar-refractivity contribution < 1.29 is 23.9 Å². The van der Waals surface area contributed by atoms with Crippen LogP contribution in [0.3, 0.4) is 0 Å². The number of ketones is 1. The molecule has 1 saturated heterocycles. The van der Waals surface area contributed by atoms with Gasteiger partial charge in [-0.25, -0.2) is 4.79 Å². The number of imide groups is 1. The number of nitrogens with zero attached hydrogens (tertiary/aromatic N) is 1. The summed E-state index contributed by atoms with van der Waals surface area (Å²) in [7, 11) is 0. The Balaban J connectivity index is 1.39. The van der Waals surface area contributed by atoms with E-state index in [0.29, 0.717) is 12.0 Å².